The molecule has 266 valence electrons. The molecule has 0 fully saturated rings. The van der Waals surface area contributed by atoms with Crippen molar-refractivity contribution in [1.29, 1.82) is 0 Å². The summed E-state index contributed by atoms with van der Waals surface area (Å²) in [6.07, 6.45) is 0. The highest BCUT2D eigenvalue weighted by Crippen LogP contribution is 2.44. The van der Waals surface area contributed by atoms with Gasteiger partial charge in [0, 0.05) is 66.4 Å². The third-order valence-electron chi connectivity index (χ3n) is 11.2. The first-order valence-corrected chi connectivity index (χ1v) is 19.1. The van der Waals surface area contributed by atoms with Crippen LogP contribution < -0.4 is 0 Å². The van der Waals surface area contributed by atoms with E-state index in [-0.39, 0.29) is 0 Å². The first-order valence-electron chi connectivity index (χ1n) is 19.1. The number of aromatic nitrogens is 5. The fourth-order valence-electron chi connectivity index (χ4n) is 8.59. The Morgan fingerprint density at radius 1 is 0.333 bits per heavy atom. The van der Waals surface area contributed by atoms with Gasteiger partial charge in [-0.15, -0.1) is 0 Å². The van der Waals surface area contributed by atoms with E-state index < -0.39 is 0 Å². The average Bonchev–Trinajstić information content (AvgIpc) is 3.93. The van der Waals surface area contributed by atoms with E-state index in [4.69, 9.17) is 19.4 Å². The van der Waals surface area contributed by atoms with Gasteiger partial charge in [0.1, 0.15) is 11.2 Å². The van der Waals surface area contributed by atoms with Gasteiger partial charge in [0.05, 0.1) is 22.1 Å². The van der Waals surface area contributed by atoms with Gasteiger partial charge in [-0.2, -0.15) is 0 Å². The molecular weight excluding hydrogens is 699 g/mol. The lowest BCUT2D eigenvalue weighted by Crippen LogP contribution is -2.00. The van der Waals surface area contributed by atoms with E-state index in [1.54, 1.807) is 0 Å². The van der Waals surface area contributed by atoms with Crippen LogP contribution in [0.15, 0.2) is 192 Å². The quantitative estimate of drug-likeness (QED) is 0.177. The summed E-state index contributed by atoms with van der Waals surface area (Å²) in [4.78, 5) is 14.8. The van der Waals surface area contributed by atoms with Crippen molar-refractivity contribution in [3.05, 3.63) is 188 Å². The second kappa shape index (κ2) is 12.3. The Hall–Kier alpha value is -7.83. The van der Waals surface area contributed by atoms with E-state index in [2.05, 4.69) is 124 Å². The Morgan fingerprint density at radius 2 is 0.895 bits per heavy atom. The van der Waals surface area contributed by atoms with Gasteiger partial charge < -0.3 is 13.6 Å². The molecule has 0 N–H and O–H groups in total. The summed E-state index contributed by atoms with van der Waals surface area (Å²) in [6.45, 7) is 0. The molecule has 0 aliphatic rings. The highest BCUT2D eigenvalue weighted by molar-refractivity contribution is 6.27. The van der Waals surface area contributed by atoms with Crippen molar-refractivity contribution in [1.82, 2.24) is 24.1 Å². The number of hydrogen-bond acceptors (Lipinski definition) is 4. The minimum Gasteiger partial charge on any atom is -0.456 e. The maximum absolute atomic E-state index is 6.44. The fourth-order valence-corrected chi connectivity index (χ4v) is 8.59. The predicted octanol–water partition coefficient (Wildman–Crippen LogP) is 13.0. The summed E-state index contributed by atoms with van der Waals surface area (Å²) < 4.78 is 11.2. The number of para-hydroxylation sites is 3. The highest BCUT2D eigenvalue weighted by Gasteiger charge is 2.22. The lowest BCUT2D eigenvalue weighted by molar-refractivity contribution is 0.669. The average molecular weight is 730 g/mol. The number of benzene rings is 8. The van der Waals surface area contributed by atoms with Crippen molar-refractivity contribution in [3.8, 4) is 45.5 Å². The van der Waals surface area contributed by atoms with Crippen molar-refractivity contribution < 1.29 is 4.42 Å². The molecule has 6 nitrogen and oxygen atoms in total. The van der Waals surface area contributed by atoms with Crippen LogP contribution in [0.3, 0.4) is 0 Å². The molecular formula is C51H31N5O. The Balaban J connectivity index is 1.08. The molecule has 0 aliphatic heterocycles. The minimum atomic E-state index is 0.629. The monoisotopic (exact) mass is 729 g/mol. The van der Waals surface area contributed by atoms with Crippen LogP contribution in [0.5, 0.6) is 0 Å². The number of fused-ring (bicyclic) bond motifs is 10. The highest BCUT2D eigenvalue weighted by atomic mass is 16.3. The molecule has 0 bridgehead atoms. The topological polar surface area (TPSA) is 61.7 Å². The predicted molar refractivity (Wildman–Crippen MR) is 232 cm³/mol. The van der Waals surface area contributed by atoms with Crippen LogP contribution in [-0.4, -0.2) is 24.1 Å². The molecule has 0 amide bonds. The van der Waals surface area contributed by atoms with Crippen LogP contribution in [0.4, 0.5) is 0 Å². The van der Waals surface area contributed by atoms with E-state index in [0.29, 0.717) is 17.5 Å². The Bertz CT molecular complexity index is 3430. The van der Waals surface area contributed by atoms with Crippen LogP contribution in [0.2, 0.25) is 0 Å². The maximum Gasteiger partial charge on any atom is 0.164 e. The number of rotatable bonds is 5. The molecule has 12 rings (SSSR count). The van der Waals surface area contributed by atoms with Crippen LogP contribution in [0.1, 0.15) is 0 Å². The van der Waals surface area contributed by atoms with Crippen molar-refractivity contribution in [2.75, 3.05) is 0 Å². The van der Waals surface area contributed by atoms with E-state index in [1.165, 1.54) is 27.1 Å². The Morgan fingerprint density at radius 3 is 1.58 bits per heavy atom. The first-order chi connectivity index (χ1) is 28.3. The maximum atomic E-state index is 6.44. The second-order valence-corrected chi connectivity index (χ2v) is 14.4. The van der Waals surface area contributed by atoms with Crippen LogP contribution >= 0.6 is 0 Å². The molecule has 12 aromatic rings. The van der Waals surface area contributed by atoms with Crippen molar-refractivity contribution in [2.45, 2.75) is 0 Å². The van der Waals surface area contributed by atoms with Crippen molar-refractivity contribution in [3.63, 3.8) is 0 Å². The van der Waals surface area contributed by atoms with Crippen molar-refractivity contribution in [2.24, 2.45) is 0 Å². The molecule has 4 aromatic heterocycles. The van der Waals surface area contributed by atoms with Gasteiger partial charge in [-0.1, -0.05) is 121 Å². The molecule has 4 heterocycles. The molecule has 0 saturated heterocycles. The summed E-state index contributed by atoms with van der Waals surface area (Å²) in [5.41, 5.74) is 11.3. The zero-order valence-corrected chi connectivity index (χ0v) is 30.5. The van der Waals surface area contributed by atoms with Crippen LogP contribution in [-0.2, 0) is 0 Å². The Labute approximate surface area is 326 Å². The van der Waals surface area contributed by atoms with E-state index in [9.17, 15) is 0 Å². The fraction of sp³-hybridized carbons (Fsp3) is 0. The summed E-state index contributed by atoms with van der Waals surface area (Å²) >= 11 is 0. The van der Waals surface area contributed by atoms with Gasteiger partial charge in [0.25, 0.3) is 0 Å². The molecule has 8 aromatic carbocycles. The standard InChI is InChI=1S/C51H31N5O/c1-4-14-32(15-5-1)49-52-50(33-16-6-2-7-17-33)54-51(53-49)34-24-26-36(27-25-34)55-42-22-12-10-21-39(42)47-43(55)29-28-38-40-30-41-37-20-11-13-23-45(37)57-46(41)31-44(40)56(48(38)47)35-18-8-3-9-19-35/h1-31H. The third-order valence-corrected chi connectivity index (χ3v) is 11.2. The zero-order valence-electron chi connectivity index (χ0n) is 30.5. The van der Waals surface area contributed by atoms with Gasteiger partial charge in [-0.25, -0.2) is 15.0 Å². The molecule has 0 spiro atoms. The van der Waals surface area contributed by atoms with Gasteiger partial charge in [0.15, 0.2) is 17.5 Å². The van der Waals surface area contributed by atoms with Gasteiger partial charge in [-0.3, -0.25) is 0 Å². The largest absolute Gasteiger partial charge is 0.456 e. The van der Waals surface area contributed by atoms with Crippen LogP contribution in [0.25, 0.3) is 111 Å². The minimum absolute atomic E-state index is 0.629. The van der Waals surface area contributed by atoms with Crippen molar-refractivity contribution >= 4 is 65.6 Å². The Kier molecular flexibility index (Phi) is 6.83. The number of hydrogen-bond donors (Lipinski definition) is 0. The number of furan rings is 1. The van der Waals surface area contributed by atoms with Gasteiger partial charge >= 0.3 is 0 Å². The summed E-state index contributed by atoms with van der Waals surface area (Å²) in [7, 11) is 0. The van der Waals surface area contributed by atoms with Crippen LogP contribution in [0, 0.1) is 0 Å². The molecule has 57 heavy (non-hydrogen) atoms. The summed E-state index contributed by atoms with van der Waals surface area (Å²) in [6, 6.07) is 65.5. The SMILES string of the molecule is c1ccc(-c2nc(-c3ccccc3)nc(-c3ccc(-n4c5ccccc5c5c4ccc4c6cc7c(cc6n(-c6ccccc6)c45)oc4ccccc47)cc3)n2)cc1. The van der Waals surface area contributed by atoms with E-state index in [0.717, 1.165) is 66.6 Å². The smallest absolute Gasteiger partial charge is 0.164 e. The molecule has 6 heteroatoms. The lowest BCUT2D eigenvalue weighted by Gasteiger charge is -2.11. The van der Waals surface area contributed by atoms with Gasteiger partial charge in [-0.05, 0) is 60.7 Å². The van der Waals surface area contributed by atoms with E-state index >= 15 is 0 Å². The second-order valence-electron chi connectivity index (χ2n) is 14.4. The molecule has 0 aliphatic carbocycles. The summed E-state index contributed by atoms with van der Waals surface area (Å²) in [5.74, 6) is 1.92. The molecule has 0 saturated carbocycles. The van der Waals surface area contributed by atoms with Gasteiger partial charge in [0.2, 0.25) is 0 Å². The lowest BCUT2D eigenvalue weighted by atomic mass is 10.1. The summed E-state index contributed by atoms with van der Waals surface area (Å²) in [5, 5.41) is 7.03. The molecule has 0 unspecified atom stereocenters. The molecule has 0 atom stereocenters. The third kappa shape index (κ3) is 4.87. The first kappa shape index (κ1) is 31.5. The molecule has 0 radical (unpaired) electrons. The number of nitrogens with zero attached hydrogens (tertiary/aromatic N) is 5. The van der Waals surface area contributed by atoms with E-state index in [1.807, 2.05) is 72.8 Å². The normalized spacial score (nSPS) is 11.9. The zero-order chi connectivity index (χ0) is 37.5.